The number of nitrogens with one attached hydrogen (secondary N) is 1. The van der Waals surface area contributed by atoms with Gasteiger partial charge < -0.3 is 14.6 Å². The Hall–Kier alpha value is -1.78. The second-order valence-corrected chi connectivity index (χ2v) is 5.39. The smallest absolute Gasteiger partial charge is 0.290 e. The van der Waals surface area contributed by atoms with Gasteiger partial charge in [0.1, 0.15) is 0 Å². The van der Waals surface area contributed by atoms with Crippen molar-refractivity contribution in [1.29, 1.82) is 0 Å². The van der Waals surface area contributed by atoms with E-state index >= 15 is 0 Å². The minimum atomic E-state index is -0.304. The molecule has 5 nitrogen and oxygen atoms in total. The van der Waals surface area contributed by atoms with E-state index in [1.54, 1.807) is 20.0 Å². The molecule has 0 aromatic carbocycles. The van der Waals surface area contributed by atoms with E-state index in [0.717, 1.165) is 5.56 Å². The van der Waals surface area contributed by atoms with Crippen molar-refractivity contribution in [1.82, 2.24) is 10.2 Å². The predicted octanol–water partition coefficient (Wildman–Crippen LogP) is 1.57. The van der Waals surface area contributed by atoms with Gasteiger partial charge in [-0.25, -0.2) is 0 Å². The Bertz CT molecular complexity index is 443. The van der Waals surface area contributed by atoms with Gasteiger partial charge in [0.05, 0.1) is 12.8 Å². The molecule has 2 amide bonds. The van der Waals surface area contributed by atoms with Gasteiger partial charge in [0.2, 0.25) is 5.91 Å². The lowest BCUT2D eigenvalue weighted by atomic mass is 10.1. The molecule has 0 aliphatic rings. The summed E-state index contributed by atoms with van der Waals surface area (Å²) in [7, 11) is 1.58. The number of carbonyl (C=O) groups is 2. The first-order chi connectivity index (χ1) is 8.20. The Balaban J connectivity index is 2.61. The minimum Gasteiger partial charge on any atom is -0.459 e. The summed E-state index contributed by atoms with van der Waals surface area (Å²) in [5, 5.41) is 2.80. The van der Waals surface area contributed by atoms with Gasteiger partial charge in [0.25, 0.3) is 5.91 Å². The first kappa shape index (κ1) is 14.3. The standard InChI is InChI=1S/C13H20N2O3/c1-9-6-7-18-11(9)12(17)15(5)8-10(16)14-13(2,3)4/h6-7H,8H2,1-5H3,(H,14,16). The molecule has 0 unspecified atom stereocenters. The normalized spacial score (nSPS) is 11.2. The van der Waals surface area contributed by atoms with Crippen LogP contribution in [0.15, 0.2) is 16.7 Å². The highest BCUT2D eigenvalue weighted by Crippen LogP contribution is 2.11. The number of hydrogen-bond donors (Lipinski definition) is 1. The van der Waals surface area contributed by atoms with Crippen LogP contribution in [0.5, 0.6) is 0 Å². The van der Waals surface area contributed by atoms with Crippen LogP contribution in [0.1, 0.15) is 36.9 Å². The van der Waals surface area contributed by atoms with E-state index in [2.05, 4.69) is 5.32 Å². The summed E-state index contributed by atoms with van der Waals surface area (Å²) in [6.45, 7) is 7.48. The quantitative estimate of drug-likeness (QED) is 0.888. The molecular formula is C13H20N2O3. The van der Waals surface area contributed by atoms with Crippen molar-refractivity contribution in [2.45, 2.75) is 33.2 Å². The Kier molecular flexibility index (Phi) is 4.16. The minimum absolute atomic E-state index is 0.0102. The number of rotatable bonds is 3. The molecule has 0 aliphatic heterocycles. The maximum absolute atomic E-state index is 12.0. The van der Waals surface area contributed by atoms with E-state index in [0.29, 0.717) is 0 Å². The monoisotopic (exact) mass is 252 g/mol. The zero-order valence-electron chi connectivity index (χ0n) is 11.5. The molecule has 0 fully saturated rings. The predicted molar refractivity (Wildman–Crippen MR) is 68.3 cm³/mol. The van der Waals surface area contributed by atoms with E-state index in [9.17, 15) is 9.59 Å². The Labute approximate surface area is 107 Å². The second-order valence-electron chi connectivity index (χ2n) is 5.39. The summed E-state index contributed by atoms with van der Waals surface area (Å²) in [5.41, 5.74) is 0.463. The van der Waals surface area contributed by atoms with Crippen LogP contribution in [0.25, 0.3) is 0 Å². The van der Waals surface area contributed by atoms with E-state index in [1.165, 1.54) is 11.2 Å². The van der Waals surface area contributed by atoms with Crippen molar-refractivity contribution in [2.75, 3.05) is 13.6 Å². The maximum atomic E-state index is 12.0. The SMILES string of the molecule is Cc1ccoc1C(=O)N(C)CC(=O)NC(C)(C)C. The summed E-state index contributed by atoms with van der Waals surface area (Å²) in [5.74, 6) is -0.204. The van der Waals surface area contributed by atoms with Crippen molar-refractivity contribution in [3.05, 3.63) is 23.7 Å². The van der Waals surface area contributed by atoms with Gasteiger partial charge in [-0.15, -0.1) is 0 Å². The van der Waals surface area contributed by atoms with E-state index in [1.807, 2.05) is 20.8 Å². The molecule has 0 atom stereocenters. The third-order valence-corrected chi connectivity index (χ3v) is 2.30. The van der Waals surface area contributed by atoms with Crippen LogP contribution in [0.4, 0.5) is 0 Å². The topological polar surface area (TPSA) is 62.6 Å². The highest BCUT2D eigenvalue weighted by Gasteiger charge is 2.21. The van der Waals surface area contributed by atoms with Gasteiger partial charge in [-0.3, -0.25) is 9.59 Å². The molecule has 1 heterocycles. The molecule has 1 rings (SSSR count). The molecule has 0 saturated carbocycles. The summed E-state index contributed by atoms with van der Waals surface area (Å²) in [6, 6.07) is 1.72. The number of nitrogens with zero attached hydrogens (tertiary/aromatic N) is 1. The van der Waals surface area contributed by atoms with Crippen molar-refractivity contribution >= 4 is 11.8 Å². The third-order valence-electron chi connectivity index (χ3n) is 2.30. The molecule has 0 bridgehead atoms. The van der Waals surface area contributed by atoms with Crippen LogP contribution in [0.2, 0.25) is 0 Å². The molecule has 5 heteroatoms. The van der Waals surface area contributed by atoms with Crippen molar-refractivity contribution in [3.8, 4) is 0 Å². The van der Waals surface area contributed by atoms with Crippen molar-refractivity contribution in [3.63, 3.8) is 0 Å². The number of hydrogen-bond acceptors (Lipinski definition) is 3. The van der Waals surface area contributed by atoms with E-state index < -0.39 is 0 Å². The second kappa shape index (κ2) is 5.25. The molecule has 0 aliphatic carbocycles. The average molecular weight is 252 g/mol. The molecule has 0 spiro atoms. The molecule has 1 aromatic rings. The molecule has 100 valence electrons. The number of likely N-dealkylation sites (N-methyl/N-ethyl adjacent to an activating group) is 1. The number of carbonyl (C=O) groups excluding carboxylic acids is 2. The van der Waals surface area contributed by atoms with Crippen LogP contribution in [0, 0.1) is 6.92 Å². The molecule has 1 aromatic heterocycles. The number of furan rings is 1. The highest BCUT2D eigenvalue weighted by molar-refractivity contribution is 5.95. The molecular weight excluding hydrogens is 232 g/mol. The van der Waals surface area contributed by atoms with Crippen molar-refractivity contribution in [2.24, 2.45) is 0 Å². The van der Waals surface area contributed by atoms with Gasteiger partial charge in [-0.2, -0.15) is 0 Å². The molecule has 18 heavy (non-hydrogen) atoms. The fourth-order valence-corrected chi connectivity index (χ4v) is 1.51. The zero-order valence-corrected chi connectivity index (χ0v) is 11.5. The van der Waals surface area contributed by atoms with Gasteiger partial charge in [0, 0.05) is 18.2 Å². The molecule has 0 saturated heterocycles. The van der Waals surface area contributed by atoms with Gasteiger partial charge in [-0.05, 0) is 33.8 Å². The summed E-state index contributed by atoms with van der Waals surface area (Å²) in [4.78, 5) is 25.0. The maximum Gasteiger partial charge on any atom is 0.290 e. The van der Waals surface area contributed by atoms with Crippen LogP contribution < -0.4 is 5.32 Å². The Morgan fingerprint density at radius 2 is 2.00 bits per heavy atom. The first-order valence-electron chi connectivity index (χ1n) is 5.81. The lowest BCUT2D eigenvalue weighted by Crippen LogP contribution is -2.46. The lowest BCUT2D eigenvalue weighted by Gasteiger charge is -2.23. The van der Waals surface area contributed by atoms with Crippen LogP contribution in [-0.4, -0.2) is 35.8 Å². The molecule has 0 radical (unpaired) electrons. The number of aryl methyl sites for hydroxylation is 1. The van der Waals surface area contributed by atoms with Crippen LogP contribution >= 0.6 is 0 Å². The van der Waals surface area contributed by atoms with Crippen molar-refractivity contribution < 1.29 is 14.0 Å². The van der Waals surface area contributed by atoms with Gasteiger partial charge in [-0.1, -0.05) is 0 Å². The summed E-state index contributed by atoms with van der Waals surface area (Å²) < 4.78 is 5.11. The summed E-state index contributed by atoms with van der Waals surface area (Å²) in [6.07, 6.45) is 1.46. The zero-order chi connectivity index (χ0) is 13.9. The fraction of sp³-hybridized carbons (Fsp3) is 0.538. The van der Waals surface area contributed by atoms with E-state index in [4.69, 9.17) is 4.42 Å². The number of amides is 2. The lowest BCUT2D eigenvalue weighted by molar-refractivity contribution is -0.122. The summed E-state index contributed by atoms with van der Waals surface area (Å²) >= 11 is 0. The van der Waals surface area contributed by atoms with E-state index in [-0.39, 0.29) is 29.7 Å². The third kappa shape index (κ3) is 3.91. The Morgan fingerprint density at radius 3 is 2.44 bits per heavy atom. The fourth-order valence-electron chi connectivity index (χ4n) is 1.51. The van der Waals surface area contributed by atoms with Crippen LogP contribution in [-0.2, 0) is 4.79 Å². The highest BCUT2D eigenvalue weighted by atomic mass is 16.3. The van der Waals surface area contributed by atoms with Gasteiger partial charge >= 0.3 is 0 Å². The molecule has 1 N–H and O–H groups in total. The largest absolute Gasteiger partial charge is 0.459 e. The Morgan fingerprint density at radius 1 is 1.39 bits per heavy atom. The van der Waals surface area contributed by atoms with Crippen LogP contribution in [0.3, 0.4) is 0 Å². The average Bonchev–Trinajstić information content (AvgIpc) is 2.60. The first-order valence-corrected chi connectivity index (χ1v) is 5.81. The van der Waals surface area contributed by atoms with Gasteiger partial charge in [0.15, 0.2) is 5.76 Å².